The van der Waals surface area contributed by atoms with Crippen molar-refractivity contribution in [3.8, 4) is 0 Å². The Hall–Kier alpha value is -4.35. The van der Waals surface area contributed by atoms with Crippen LogP contribution in [0.15, 0.2) is 61.3 Å². The standard InChI is InChI=1S/C20H18F3N3O2.C8H9N3O/c21-14-7-16(11-24-10-14)26(12-27)20(6-5-13-3-1-2-4-17(13)20)18(28)25-15-8-19(22,23)9-15;12-8-2-1-5-11(8)7-6-9-3-4-10-7/h1-4,7,10-12,15H,5-6,8-9H2,(H,25,28);3-4,6H,1-2,5H2. The SMILES string of the molecule is O=C1CCCN1c1cnccn1.O=CN(c1cncc(F)c1)C1(C(=O)NC2CC(F)(F)C2)CCc2ccccc21. The van der Waals surface area contributed by atoms with Gasteiger partial charge in [0, 0.05) is 50.3 Å². The predicted octanol–water partition coefficient (Wildman–Crippen LogP) is 3.54. The van der Waals surface area contributed by atoms with Gasteiger partial charge < -0.3 is 5.32 Å². The average molecular weight is 553 g/mol. The predicted molar refractivity (Wildman–Crippen MR) is 139 cm³/mol. The van der Waals surface area contributed by atoms with Crippen molar-refractivity contribution in [3.05, 3.63) is 78.3 Å². The Kier molecular flexibility index (Phi) is 7.51. The first-order valence-electron chi connectivity index (χ1n) is 12.9. The van der Waals surface area contributed by atoms with Crippen molar-refractivity contribution in [3.63, 3.8) is 0 Å². The Bertz CT molecular complexity index is 1400. The molecule has 3 aliphatic rings. The highest BCUT2D eigenvalue weighted by atomic mass is 19.3. The topological polar surface area (TPSA) is 108 Å². The van der Waals surface area contributed by atoms with E-state index in [1.807, 2.05) is 12.1 Å². The fourth-order valence-corrected chi connectivity index (χ4v) is 5.48. The molecule has 1 saturated carbocycles. The molecule has 1 saturated heterocycles. The van der Waals surface area contributed by atoms with E-state index in [9.17, 15) is 27.6 Å². The van der Waals surface area contributed by atoms with Gasteiger partial charge in [0.25, 0.3) is 11.8 Å². The summed E-state index contributed by atoms with van der Waals surface area (Å²) in [6.45, 7) is 0.775. The molecule has 40 heavy (non-hydrogen) atoms. The summed E-state index contributed by atoms with van der Waals surface area (Å²) in [4.78, 5) is 51.2. The van der Waals surface area contributed by atoms with Crippen LogP contribution in [0.1, 0.15) is 43.2 Å². The molecule has 2 aliphatic carbocycles. The summed E-state index contributed by atoms with van der Waals surface area (Å²) in [5, 5.41) is 2.66. The summed E-state index contributed by atoms with van der Waals surface area (Å²) in [7, 11) is 0. The van der Waals surface area contributed by atoms with Gasteiger partial charge in [-0.2, -0.15) is 0 Å². The Labute approximate surface area is 228 Å². The van der Waals surface area contributed by atoms with Crippen LogP contribution in [0.2, 0.25) is 0 Å². The van der Waals surface area contributed by atoms with Crippen LogP contribution in [0, 0.1) is 5.82 Å². The maximum Gasteiger partial charge on any atom is 0.252 e. The molecule has 3 amide bonds. The fraction of sp³-hybridized carbons (Fsp3) is 0.357. The molecule has 1 aliphatic heterocycles. The largest absolute Gasteiger partial charge is 0.351 e. The number of nitrogens with one attached hydrogen (secondary N) is 1. The van der Waals surface area contributed by atoms with Crippen LogP contribution in [0.3, 0.4) is 0 Å². The maximum absolute atomic E-state index is 13.7. The second-order valence-corrected chi connectivity index (χ2v) is 10.0. The fourth-order valence-electron chi connectivity index (χ4n) is 5.48. The van der Waals surface area contributed by atoms with E-state index in [1.165, 1.54) is 6.20 Å². The minimum atomic E-state index is -2.78. The molecular formula is C28H27F3N6O3. The van der Waals surface area contributed by atoms with E-state index in [-0.39, 0.29) is 18.0 Å². The zero-order valence-electron chi connectivity index (χ0n) is 21.5. The van der Waals surface area contributed by atoms with Gasteiger partial charge in [0.2, 0.25) is 12.3 Å². The first-order chi connectivity index (χ1) is 19.2. The number of amides is 3. The highest BCUT2D eigenvalue weighted by molar-refractivity contribution is 5.98. The van der Waals surface area contributed by atoms with E-state index in [4.69, 9.17) is 0 Å². The molecule has 3 heterocycles. The van der Waals surface area contributed by atoms with Gasteiger partial charge in [0.1, 0.15) is 5.82 Å². The molecule has 2 aromatic heterocycles. The number of fused-ring (bicyclic) bond motifs is 1. The molecule has 208 valence electrons. The maximum atomic E-state index is 13.7. The number of carbonyl (C=O) groups is 3. The number of aromatic nitrogens is 3. The van der Waals surface area contributed by atoms with Crippen molar-refractivity contribution in [2.75, 3.05) is 16.3 Å². The molecule has 0 bridgehead atoms. The van der Waals surface area contributed by atoms with Crippen molar-refractivity contribution >= 4 is 29.7 Å². The first kappa shape index (κ1) is 27.2. The van der Waals surface area contributed by atoms with Gasteiger partial charge in [-0.1, -0.05) is 24.3 Å². The smallest absolute Gasteiger partial charge is 0.252 e. The minimum Gasteiger partial charge on any atom is -0.351 e. The second-order valence-electron chi connectivity index (χ2n) is 10.0. The van der Waals surface area contributed by atoms with Crippen LogP contribution >= 0.6 is 0 Å². The van der Waals surface area contributed by atoms with Crippen molar-refractivity contribution < 1.29 is 27.6 Å². The van der Waals surface area contributed by atoms with Gasteiger partial charge in [0.15, 0.2) is 11.4 Å². The lowest BCUT2D eigenvalue weighted by Crippen LogP contribution is -2.60. The van der Waals surface area contributed by atoms with Gasteiger partial charge >= 0.3 is 0 Å². The van der Waals surface area contributed by atoms with Crippen LogP contribution in [-0.4, -0.2) is 51.7 Å². The van der Waals surface area contributed by atoms with E-state index in [2.05, 4.69) is 20.3 Å². The molecule has 2 fully saturated rings. The molecule has 0 radical (unpaired) electrons. The van der Waals surface area contributed by atoms with E-state index in [0.717, 1.165) is 35.7 Å². The lowest BCUT2D eigenvalue weighted by molar-refractivity contribution is -0.135. The van der Waals surface area contributed by atoms with Crippen molar-refractivity contribution in [1.82, 2.24) is 20.3 Å². The third kappa shape index (κ3) is 5.25. The minimum absolute atomic E-state index is 0.126. The zero-order chi connectivity index (χ0) is 28.3. The van der Waals surface area contributed by atoms with E-state index in [1.54, 1.807) is 35.6 Å². The van der Waals surface area contributed by atoms with Crippen LogP contribution < -0.4 is 15.1 Å². The number of alkyl halides is 2. The molecule has 6 rings (SSSR count). The highest BCUT2D eigenvalue weighted by Gasteiger charge is 2.53. The third-order valence-electron chi connectivity index (χ3n) is 7.40. The molecule has 1 atom stereocenters. The summed E-state index contributed by atoms with van der Waals surface area (Å²) in [6.07, 6.45) is 9.06. The number of halogens is 3. The Morgan fingerprint density at radius 1 is 1.10 bits per heavy atom. The van der Waals surface area contributed by atoms with E-state index in [0.29, 0.717) is 30.6 Å². The molecule has 1 unspecified atom stereocenters. The summed E-state index contributed by atoms with van der Waals surface area (Å²) >= 11 is 0. The molecular weight excluding hydrogens is 525 g/mol. The number of pyridine rings is 1. The van der Waals surface area contributed by atoms with Crippen LogP contribution in [0.4, 0.5) is 24.7 Å². The van der Waals surface area contributed by atoms with Crippen molar-refractivity contribution in [2.24, 2.45) is 0 Å². The first-order valence-corrected chi connectivity index (χ1v) is 12.9. The van der Waals surface area contributed by atoms with Crippen LogP contribution in [0.5, 0.6) is 0 Å². The van der Waals surface area contributed by atoms with E-state index < -0.39 is 42.1 Å². The van der Waals surface area contributed by atoms with Gasteiger partial charge in [-0.05, 0) is 30.4 Å². The van der Waals surface area contributed by atoms with Gasteiger partial charge in [-0.25, -0.2) is 18.2 Å². The second kappa shape index (κ2) is 11.0. The Morgan fingerprint density at radius 2 is 1.90 bits per heavy atom. The summed E-state index contributed by atoms with van der Waals surface area (Å²) in [5.74, 6) is -3.16. The number of benzene rings is 1. The third-order valence-corrected chi connectivity index (χ3v) is 7.40. The number of aryl methyl sites for hydroxylation is 1. The molecule has 9 nitrogen and oxygen atoms in total. The summed E-state index contributed by atoms with van der Waals surface area (Å²) in [6, 6.07) is 7.63. The van der Waals surface area contributed by atoms with E-state index >= 15 is 0 Å². The number of rotatable bonds is 6. The Balaban J connectivity index is 0.000000223. The zero-order valence-corrected chi connectivity index (χ0v) is 21.5. The van der Waals surface area contributed by atoms with Crippen molar-refractivity contribution in [1.29, 1.82) is 0 Å². The normalized spacial score (nSPS) is 21.1. The number of nitrogens with zero attached hydrogens (tertiary/aromatic N) is 5. The lowest BCUT2D eigenvalue weighted by Gasteiger charge is -2.42. The van der Waals surface area contributed by atoms with Gasteiger partial charge in [0.05, 0.1) is 24.3 Å². The summed E-state index contributed by atoms with van der Waals surface area (Å²) in [5.41, 5.74) is 0.169. The van der Waals surface area contributed by atoms with Crippen molar-refractivity contribution in [2.45, 2.75) is 56.0 Å². The van der Waals surface area contributed by atoms with Crippen LogP contribution in [-0.2, 0) is 26.3 Å². The average Bonchev–Trinajstić information content (AvgIpc) is 3.54. The lowest BCUT2D eigenvalue weighted by atomic mass is 9.84. The highest BCUT2D eigenvalue weighted by Crippen LogP contribution is 2.45. The number of carbonyl (C=O) groups excluding carboxylic acids is 3. The molecule has 1 aromatic carbocycles. The van der Waals surface area contributed by atoms with Crippen LogP contribution in [0.25, 0.3) is 0 Å². The molecule has 3 aromatic rings. The molecule has 0 spiro atoms. The van der Waals surface area contributed by atoms with Gasteiger partial charge in [-0.15, -0.1) is 0 Å². The summed E-state index contributed by atoms with van der Waals surface area (Å²) < 4.78 is 40.2. The van der Waals surface area contributed by atoms with Gasteiger partial charge in [-0.3, -0.25) is 34.2 Å². The Morgan fingerprint density at radius 3 is 2.55 bits per heavy atom. The number of hydrogen-bond donors (Lipinski definition) is 1. The quantitative estimate of drug-likeness (QED) is 0.469. The number of hydrogen-bond acceptors (Lipinski definition) is 6. The molecule has 1 N–H and O–H groups in total. The molecule has 12 heteroatoms. The monoisotopic (exact) mass is 552 g/mol. The number of anilines is 2.